The maximum absolute atomic E-state index is 13.8. The first-order valence-electron chi connectivity index (χ1n) is 12.5. The van der Waals surface area contributed by atoms with Crippen LogP contribution in [0.15, 0.2) is 48.5 Å². The smallest absolute Gasteiger partial charge is 0.244 e. The van der Waals surface area contributed by atoms with Gasteiger partial charge in [0.1, 0.15) is 12.6 Å². The molecule has 2 amide bonds. The highest BCUT2D eigenvalue weighted by Crippen LogP contribution is 2.28. The van der Waals surface area contributed by atoms with Gasteiger partial charge in [-0.3, -0.25) is 13.9 Å². The molecule has 1 aliphatic rings. The van der Waals surface area contributed by atoms with Gasteiger partial charge in [0.15, 0.2) is 0 Å². The number of rotatable bonds is 10. The number of hydrogen-bond donors (Lipinski definition) is 1. The van der Waals surface area contributed by atoms with Gasteiger partial charge in [0.2, 0.25) is 21.8 Å². The fraction of sp³-hybridized carbons (Fsp3) is 0.481. The number of halogens is 1. The summed E-state index contributed by atoms with van der Waals surface area (Å²) in [5.74, 6) is -0.663. The molecule has 7 nitrogen and oxygen atoms in total. The largest absolute Gasteiger partial charge is 0.352 e. The zero-order chi connectivity index (χ0) is 26.3. The van der Waals surface area contributed by atoms with E-state index in [2.05, 4.69) is 5.32 Å². The van der Waals surface area contributed by atoms with E-state index in [-0.39, 0.29) is 29.2 Å². The van der Waals surface area contributed by atoms with Crippen LogP contribution in [0.3, 0.4) is 0 Å². The predicted octanol–water partition coefficient (Wildman–Crippen LogP) is 4.67. The lowest BCUT2D eigenvalue weighted by Crippen LogP contribution is -2.54. The lowest BCUT2D eigenvalue weighted by atomic mass is 9.95. The van der Waals surface area contributed by atoms with Crippen LogP contribution >= 0.6 is 11.6 Å². The molecule has 0 saturated heterocycles. The number of aryl methyl sites for hydroxylation is 1. The van der Waals surface area contributed by atoms with Gasteiger partial charge >= 0.3 is 0 Å². The highest BCUT2D eigenvalue weighted by molar-refractivity contribution is 7.92. The normalized spacial score (nSPS) is 15.2. The summed E-state index contributed by atoms with van der Waals surface area (Å²) >= 11 is 6.29. The van der Waals surface area contributed by atoms with Crippen LogP contribution in [0.5, 0.6) is 0 Å². The first-order valence-corrected chi connectivity index (χ1v) is 14.7. The molecule has 2 aromatic carbocycles. The molecule has 1 N–H and O–H groups in total. The van der Waals surface area contributed by atoms with Crippen LogP contribution in [0.4, 0.5) is 5.69 Å². The van der Waals surface area contributed by atoms with Gasteiger partial charge in [0.05, 0.1) is 17.0 Å². The monoisotopic (exact) mass is 533 g/mol. The number of carbonyl (C=O) groups is 2. The van der Waals surface area contributed by atoms with Gasteiger partial charge in [-0.05, 0) is 49.4 Å². The van der Waals surface area contributed by atoms with E-state index in [1.807, 2.05) is 38.1 Å². The van der Waals surface area contributed by atoms with Crippen LogP contribution in [0.2, 0.25) is 5.02 Å². The maximum Gasteiger partial charge on any atom is 0.244 e. The van der Waals surface area contributed by atoms with Gasteiger partial charge in [-0.2, -0.15) is 0 Å². The summed E-state index contributed by atoms with van der Waals surface area (Å²) in [5.41, 5.74) is 2.12. The fourth-order valence-corrected chi connectivity index (χ4v) is 5.83. The molecule has 1 fully saturated rings. The lowest BCUT2D eigenvalue weighted by molar-refractivity contribution is -0.140. The standard InChI is InChI=1S/C27H36ClN3O4S/c1-4-24(27(33)29-22-14-6-5-7-15-22)30(18-21-13-9-8-12-20(21)2)26(32)19-31(36(3,34)35)25-17-11-10-16-23(25)28/h8-13,16-17,22,24H,4-7,14-15,18-19H2,1-3H3,(H,29,33). The Labute approximate surface area is 219 Å². The minimum atomic E-state index is -3.82. The van der Waals surface area contributed by atoms with Crippen molar-refractivity contribution in [2.24, 2.45) is 0 Å². The van der Waals surface area contributed by atoms with Crippen molar-refractivity contribution in [2.45, 2.75) is 71.0 Å². The summed E-state index contributed by atoms with van der Waals surface area (Å²) in [7, 11) is -3.82. The second kappa shape index (κ2) is 12.6. The SMILES string of the molecule is CCC(C(=O)NC1CCCCC1)N(Cc1ccccc1C)C(=O)CN(c1ccccc1Cl)S(C)(=O)=O. The Hall–Kier alpha value is -2.58. The Kier molecular flexibility index (Phi) is 9.79. The quantitative estimate of drug-likeness (QED) is 0.481. The third-order valence-corrected chi connectivity index (χ3v) is 8.19. The van der Waals surface area contributed by atoms with Crippen LogP contribution in [0.25, 0.3) is 0 Å². The first-order chi connectivity index (χ1) is 17.1. The summed E-state index contributed by atoms with van der Waals surface area (Å²) in [6.45, 7) is 3.56. The van der Waals surface area contributed by atoms with Gasteiger partial charge in [0, 0.05) is 12.6 Å². The molecule has 0 aliphatic heterocycles. The van der Waals surface area contributed by atoms with E-state index in [0.29, 0.717) is 6.42 Å². The van der Waals surface area contributed by atoms with E-state index in [4.69, 9.17) is 11.6 Å². The van der Waals surface area contributed by atoms with Crippen molar-refractivity contribution in [1.29, 1.82) is 0 Å². The Balaban J connectivity index is 1.93. The number of benzene rings is 2. The molecule has 9 heteroatoms. The molecule has 1 atom stereocenters. The van der Waals surface area contributed by atoms with Crippen molar-refractivity contribution in [3.8, 4) is 0 Å². The zero-order valence-corrected chi connectivity index (χ0v) is 22.8. The summed E-state index contributed by atoms with van der Waals surface area (Å²) in [4.78, 5) is 28.7. The third-order valence-electron chi connectivity index (χ3n) is 6.74. The van der Waals surface area contributed by atoms with Crippen molar-refractivity contribution in [3.05, 3.63) is 64.7 Å². The fourth-order valence-electron chi connectivity index (χ4n) is 4.68. The van der Waals surface area contributed by atoms with Crippen molar-refractivity contribution in [1.82, 2.24) is 10.2 Å². The molecule has 0 radical (unpaired) electrons. The average molecular weight is 534 g/mol. The van der Waals surface area contributed by atoms with Crippen molar-refractivity contribution >= 4 is 39.1 Å². The number of sulfonamides is 1. The number of nitrogens with one attached hydrogen (secondary N) is 1. The molecule has 36 heavy (non-hydrogen) atoms. The van der Waals surface area contributed by atoms with Crippen LogP contribution in [-0.2, 0) is 26.2 Å². The number of para-hydroxylation sites is 1. The molecule has 1 aliphatic carbocycles. The highest BCUT2D eigenvalue weighted by atomic mass is 35.5. The van der Waals surface area contributed by atoms with Crippen molar-refractivity contribution in [3.63, 3.8) is 0 Å². The second-order valence-electron chi connectivity index (χ2n) is 9.44. The molecule has 0 aromatic heterocycles. The minimum absolute atomic E-state index is 0.103. The van der Waals surface area contributed by atoms with E-state index in [9.17, 15) is 18.0 Å². The topological polar surface area (TPSA) is 86.8 Å². The molecule has 0 spiro atoms. The lowest BCUT2D eigenvalue weighted by Gasteiger charge is -2.34. The van der Waals surface area contributed by atoms with Crippen LogP contribution in [0, 0.1) is 6.92 Å². The minimum Gasteiger partial charge on any atom is -0.352 e. The summed E-state index contributed by atoms with van der Waals surface area (Å²) < 4.78 is 26.4. The van der Waals surface area contributed by atoms with Crippen molar-refractivity contribution in [2.75, 3.05) is 17.1 Å². The number of anilines is 1. The van der Waals surface area contributed by atoms with Crippen LogP contribution in [-0.4, -0.2) is 50.0 Å². The molecule has 0 heterocycles. The molecular weight excluding hydrogens is 498 g/mol. The maximum atomic E-state index is 13.8. The summed E-state index contributed by atoms with van der Waals surface area (Å²) in [5, 5.41) is 3.37. The third kappa shape index (κ3) is 7.23. The Morgan fingerprint density at radius 1 is 1.06 bits per heavy atom. The molecule has 196 valence electrons. The van der Waals surface area contributed by atoms with Crippen LogP contribution in [0.1, 0.15) is 56.6 Å². The highest BCUT2D eigenvalue weighted by Gasteiger charge is 2.33. The predicted molar refractivity (Wildman–Crippen MR) is 144 cm³/mol. The van der Waals surface area contributed by atoms with E-state index >= 15 is 0 Å². The van der Waals surface area contributed by atoms with E-state index in [1.165, 1.54) is 11.3 Å². The number of carbonyl (C=O) groups excluding carboxylic acids is 2. The first kappa shape index (κ1) is 28.0. The summed E-state index contributed by atoms with van der Waals surface area (Å²) in [6.07, 6.45) is 6.64. The molecule has 2 aromatic rings. The number of nitrogens with zero attached hydrogens (tertiary/aromatic N) is 2. The Morgan fingerprint density at radius 2 is 1.69 bits per heavy atom. The molecule has 1 saturated carbocycles. The average Bonchev–Trinajstić information content (AvgIpc) is 2.84. The van der Waals surface area contributed by atoms with Gasteiger partial charge in [-0.25, -0.2) is 8.42 Å². The molecular formula is C27H36ClN3O4S. The zero-order valence-electron chi connectivity index (χ0n) is 21.2. The molecule has 3 rings (SSSR count). The van der Waals surface area contributed by atoms with E-state index < -0.39 is 28.5 Å². The van der Waals surface area contributed by atoms with E-state index in [0.717, 1.165) is 47.4 Å². The van der Waals surface area contributed by atoms with Crippen LogP contribution < -0.4 is 9.62 Å². The van der Waals surface area contributed by atoms with Crippen molar-refractivity contribution < 1.29 is 18.0 Å². The molecule has 0 bridgehead atoms. The Morgan fingerprint density at radius 3 is 2.31 bits per heavy atom. The number of hydrogen-bond acceptors (Lipinski definition) is 4. The molecule has 1 unspecified atom stereocenters. The number of amides is 2. The Bertz CT molecular complexity index is 1170. The van der Waals surface area contributed by atoms with Gasteiger partial charge in [-0.1, -0.05) is 74.2 Å². The van der Waals surface area contributed by atoms with Gasteiger partial charge < -0.3 is 10.2 Å². The van der Waals surface area contributed by atoms with Gasteiger partial charge in [0.25, 0.3) is 0 Å². The summed E-state index contributed by atoms with van der Waals surface area (Å²) in [6, 6.07) is 13.6. The van der Waals surface area contributed by atoms with Gasteiger partial charge in [-0.15, -0.1) is 0 Å². The van der Waals surface area contributed by atoms with E-state index in [1.54, 1.807) is 24.3 Å². The second-order valence-corrected chi connectivity index (χ2v) is 11.8.